The summed E-state index contributed by atoms with van der Waals surface area (Å²) in [5, 5.41) is 0. The third-order valence-electron chi connectivity index (χ3n) is 4.87. The fourth-order valence-corrected chi connectivity index (χ4v) is 3.94. The second-order valence-electron chi connectivity index (χ2n) is 6.68. The first kappa shape index (κ1) is 20.9. The minimum atomic E-state index is -5.86. The van der Waals surface area contributed by atoms with E-state index in [0.717, 1.165) is 5.56 Å². The summed E-state index contributed by atoms with van der Waals surface area (Å²) in [7, 11) is -5.86. The summed E-state index contributed by atoms with van der Waals surface area (Å²) in [5.41, 5.74) is -3.36. The first-order chi connectivity index (χ1) is 13.5. The molecule has 0 aromatic heterocycles. The number of hydrogen-bond acceptors (Lipinski definition) is 4. The quantitative estimate of drug-likeness (QED) is 0.528. The van der Waals surface area contributed by atoms with Crippen molar-refractivity contribution in [3.05, 3.63) is 70.3 Å². The number of halogens is 3. The number of alkyl halides is 3. The molecule has 9 heteroatoms. The highest BCUT2D eigenvalue weighted by Gasteiger charge is 2.49. The van der Waals surface area contributed by atoms with Crippen LogP contribution in [0.1, 0.15) is 38.2 Å². The largest absolute Gasteiger partial charge is 0.534 e. The van der Waals surface area contributed by atoms with Gasteiger partial charge in [0.15, 0.2) is 5.75 Å². The Morgan fingerprint density at radius 1 is 1.17 bits per heavy atom. The van der Waals surface area contributed by atoms with Gasteiger partial charge in [-0.05, 0) is 36.1 Å². The lowest BCUT2D eigenvalue weighted by Gasteiger charge is -2.18. The van der Waals surface area contributed by atoms with Crippen molar-refractivity contribution in [2.45, 2.75) is 32.4 Å². The summed E-state index contributed by atoms with van der Waals surface area (Å²) in [4.78, 5) is 14.5. The third kappa shape index (κ3) is 3.62. The normalized spacial score (nSPS) is 14.1. The average Bonchev–Trinajstić information content (AvgIpc) is 2.96. The Balaban J connectivity index is 2.08. The molecular formula is C20H18F3NO4S. The fraction of sp³-hybridized carbons (Fsp3) is 0.250. The van der Waals surface area contributed by atoms with Gasteiger partial charge in [0, 0.05) is 24.2 Å². The van der Waals surface area contributed by atoms with Crippen LogP contribution in [0.4, 0.5) is 13.2 Å². The lowest BCUT2D eigenvalue weighted by Crippen LogP contribution is -2.28. The van der Waals surface area contributed by atoms with Crippen LogP contribution in [0.2, 0.25) is 0 Å². The highest BCUT2D eigenvalue weighted by Crippen LogP contribution is 2.41. The lowest BCUT2D eigenvalue weighted by atomic mass is 9.93. The summed E-state index contributed by atoms with van der Waals surface area (Å²) in [6.45, 7) is 6.96. The van der Waals surface area contributed by atoms with Gasteiger partial charge in [-0.15, -0.1) is 0 Å². The standard InChI is InChI=1S/C20H18F3NO4S/c1-4-15-12(2)17-16(13(3)18(15)28-29(26,27)20(21,22)23)11-24(19(17)25)10-14-8-6-5-7-9-14/h4-9H,1,10-11H2,2-3H3. The van der Waals surface area contributed by atoms with Crippen molar-refractivity contribution in [1.29, 1.82) is 0 Å². The van der Waals surface area contributed by atoms with E-state index in [1.54, 1.807) is 4.90 Å². The summed E-state index contributed by atoms with van der Waals surface area (Å²) < 4.78 is 66.1. The number of fused-ring (bicyclic) bond motifs is 1. The number of benzene rings is 2. The van der Waals surface area contributed by atoms with Crippen LogP contribution in [0, 0.1) is 13.8 Å². The molecule has 29 heavy (non-hydrogen) atoms. The first-order valence-corrected chi connectivity index (χ1v) is 10.0. The molecule has 1 heterocycles. The van der Waals surface area contributed by atoms with Crippen molar-refractivity contribution in [3.63, 3.8) is 0 Å². The number of amides is 1. The van der Waals surface area contributed by atoms with Crippen molar-refractivity contribution in [2.24, 2.45) is 0 Å². The maximum absolute atomic E-state index is 13.0. The lowest BCUT2D eigenvalue weighted by molar-refractivity contribution is -0.0500. The van der Waals surface area contributed by atoms with Crippen LogP contribution in [0.25, 0.3) is 6.08 Å². The van der Waals surface area contributed by atoms with E-state index in [2.05, 4.69) is 10.8 Å². The molecule has 2 aromatic rings. The summed E-state index contributed by atoms with van der Waals surface area (Å²) in [6, 6.07) is 9.23. The zero-order valence-corrected chi connectivity index (χ0v) is 16.5. The Bertz CT molecular complexity index is 1090. The fourth-order valence-electron chi connectivity index (χ4n) is 3.41. The van der Waals surface area contributed by atoms with Crippen molar-refractivity contribution >= 4 is 22.1 Å². The molecule has 2 aromatic carbocycles. The molecule has 0 radical (unpaired) electrons. The van der Waals surface area contributed by atoms with Gasteiger partial charge in [0.2, 0.25) is 0 Å². The Morgan fingerprint density at radius 3 is 2.34 bits per heavy atom. The summed E-state index contributed by atoms with van der Waals surface area (Å²) in [6.07, 6.45) is 1.19. The van der Waals surface area contributed by atoms with E-state index in [4.69, 9.17) is 0 Å². The van der Waals surface area contributed by atoms with Gasteiger partial charge in [0.25, 0.3) is 5.91 Å². The first-order valence-electron chi connectivity index (χ1n) is 8.60. The zero-order valence-electron chi connectivity index (χ0n) is 15.7. The molecule has 0 fully saturated rings. The zero-order chi connectivity index (χ0) is 21.6. The van der Waals surface area contributed by atoms with Gasteiger partial charge in [-0.2, -0.15) is 21.6 Å². The number of nitrogens with zero attached hydrogens (tertiary/aromatic N) is 1. The molecule has 0 spiro atoms. The predicted octanol–water partition coefficient (Wildman–Crippen LogP) is 4.33. The number of rotatable bonds is 5. The average molecular weight is 425 g/mol. The van der Waals surface area contributed by atoms with Crippen LogP contribution in [0.3, 0.4) is 0 Å². The van der Waals surface area contributed by atoms with Gasteiger partial charge in [0.1, 0.15) is 0 Å². The molecule has 0 N–H and O–H groups in total. The maximum Gasteiger partial charge on any atom is 0.534 e. The molecule has 1 amide bonds. The van der Waals surface area contributed by atoms with E-state index in [-0.39, 0.29) is 23.6 Å². The molecule has 3 rings (SSSR count). The summed E-state index contributed by atoms with van der Waals surface area (Å²) in [5.74, 6) is -0.735. The van der Waals surface area contributed by atoms with E-state index in [9.17, 15) is 26.4 Å². The van der Waals surface area contributed by atoms with Crippen LogP contribution < -0.4 is 4.18 Å². The second-order valence-corrected chi connectivity index (χ2v) is 8.22. The molecule has 1 aliphatic heterocycles. The van der Waals surface area contributed by atoms with Crippen LogP contribution >= 0.6 is 0 Å². The molecule has 5 nitrogen and oxygen atoms in total. The van der Waals surface area contributed by atoms with Gasteiger partial charge in [-0.1, -0.05) is 43.0 Å². The van der Waals surface area contributed by atoms with Gasteiger partial charge >= 0.3 is 15.6 Å². The Hall–Kier alpha value is -2.81. The monoisotopic (exact) mass is 425 g/mol. The van der Waals surface area contributed by atoms with Crippen molar-refractivity contribution in [3.8, 4) is 5.75 Å². The molecule has 0 unspecified atom stereocenters. The smallest absolute Gasteiger partial charge is 0.375 e. The SMILES string of the molecule is C=Cc1c(C)c2c(c(C)c1OS(=O)(=O)C(F)(F)F)CN(Cc1ccccc1)C2=O. The van der Waals surface area contributed by atoms with E-state index in [1.807, 2.05) is 30.3 Å². The Morgan fingerprint density at radius 2 is 1.79 bits per heavy atom. The van der Waals surface area contributed by atoms with Gasteiger partial charge < -0.3 is 9.08 Å². The molecule has 0 saturated heterocycles. The highest BCUT2D eigenvalue weighted by atomic mass is 32.2. The van der Waals surface area contributed by atoms with Crippen LogP contribution in [-0.4, -0.2) is 24.7 Å². The number of hydrogen-bond donors (Lipinski definition) is 0. The Kier molecular flexibility index (Phi) is 5.20. The van der Waals surface area contributed by atoms with Crippen LogP contribution in [-0.2, 0) is 23.2 Å². The van der Waals surface area contributed by atoms with E-state index in [1.165, 1.54) is 19.9 Å². The predicted molar refractivity (Wildman–Crippen MR) is 102 cm³/mol. The van der Waals surface area contributed by atoms with E-state index >= 15 is 0 Å². The van der Waals surface area contributed by atoms with Gasteiger partial charge in [-0.3, -0.25) is 4.79 Å². The molecule has 154 valence electrons. The Labute approximate surface area is 166 Å². The van der Waals surface area contributed by atoms with E-state index in [0.29, 0.717) is 23.2 Å². The maximum atomic E-state index is 13.0. The highest BCUT2D eigenvalue weighted by molar-refractivity contribution is 7.88. The number of carbonyl (C=O) groups excluding carboxylic acids is 1. The third-order valence-corrected chi connectivity index (χ3v) is 5.82. The van der Waals surface area contributed by atoms with Gasteiger partial charge in [-0.25, -0.2) is 0 Å². The molecule has 0 atom stereocenters. The molecular weight excluding hydrogens is 407 g/mol. The van der Waals surface area contributed by atoms with Crippen molar-refractivity contribution < 1.29 is 30.6 Å². The van der Waals surface area contributed by atoms with Crippen molar-refractivity contribution in [1.82, 2.24) is 4.90 Å². The molecule has 0 aliphatic carbocycles. The van der Waals surface area contributed by atoms with Gasteiger partial charge in [0.05, 0.1) is 0 Å². The summed E-state index contributed by atoms with van der Waals surface area (Å²) >= 11 is 0. The minimum Gasteiger partial charge on any atom is -0.375 e. The molecule has 1 aliphatic rings. The minimum absolute atomic E-state index is 0.0454. The number of carbonyl (C=O) groups is 1. The topological polar surface area (TPSA) is 63.7 Å². The van der Waals surface area contributed by atoms with Crippen molar-refractivity contribution in [2.75, 3.05) is 0 Å². The van der Waals surface area contributed by atoms with Crippen LogP contribution in [0.15, 0.2) is 36.9 Å². The molecule has 0 saturated carbocycles. The van der Waals surface area contributed by atoms with Crippen LogP contribution in [0.5, 0.6) is 5.75 Å². The molecule has 0 bridgehead atoms. The second kappa shape index (κ2) is 7.22. The van der Waals surface area contributed by atoms with E-state index < -0.39 is 21.4 Å².